The van der Waals surface area contributed by atoms with Gasteiger partial charge in [-0.1, -0.05) is 26.8 Å². The van der Waals surface area contributed by atoms with Crippen LogP contribution in [0.2, 0.25) is 0 Å². The summed E-state index contributed by atoms with van der Waals surface area (Å²) >= 11 is 0. The standard InChI is InChI=1S/C16H16FN3O4.C4H10.2H2/c17-11-2-1-3-12-13(11)10(7-18-12)14(21)15(22)20-5-4-9(8-20)6-19-16(23)24;1-4(2)3;;/h1-3,7,9,18-19H,4-6,8H2,(H,23,24);4H,1-3H3;2*1H. The van der Waals surface area contributed by atoms with E-state index in [0.29, 0.717) is 25.0 Å². The smallest absolute Gasteiger partial charge is 0.404 e. The fourth-order valence-electron chi connectivity index (χ4n) is 2.99. The van der Waals surface area contributed by atoms with Crippen LogP contribution in [0.1, 0.15) is 40.4 Å². The minimum Gasteiger partial charge on any atom is -0.465 e. The molecular weight excluding hydrogens is 365 g/mol. The Kier molecular flexibility index (Phi) is 7.14. The van der Waals surface area contributed by atoms with Crippen molar-refractivity contribution in [2.24, 2.45) is 11.8 Å². The molecule has 2 aromatic rings. The second-order valence-corrected chi connectivity index (χ2v) is 7.52. The molecule has 28 heavy (non-hydrogen) atoms. The van der Waals surface area contributed by atoms with Crippen molar-refractivity contribution < 1.29 is 26.7 Å². The maximum atomic E-state index is 14.0. The number of aromatic nitrogens is 1. The van der Waals surface area contributed by atoms with Gasteiger partial charge in [-0.3, -0.25) is 9.59 Å². The molecule has 0 bridgehead atoms. The summed E-state index contributed by atoms with van der Waals surface area (Å²) in [6, 6.07) is 4.38. The minimum absolute atomic E-state index is 0. The molecule has 1 saturated heterocycles. The molecule has 0 spiro atoms. The van der Waals surface area contributed by atoms with E-state index in [-0.39, 0.29) is 26.3 Å². The number of benzene rings is 1. The topological polar surface area (TPSA) is 102 Å². The van der Waals surface area contributed by atoms with Gasteiger partial charge in [-0.05, 0) is 30.4 Å². The second kappa shape index (κ2) is 9.34. The van der Waals surface area contributed by atoms with Crippen LogP contribution < -0.4 is 5.32 Å². The Morgan fingerprint density at radius 2 is 2.04 bits per heavy atom. The molecule has 0 radical (unpaired) electrons. The van der Waals surface area contributed by atoms with Gasteiger partial charge in [0.2, 0.25) is 0 Å². The molecule has 0 aliphatic carbocycles. The van der Waals surface area contributed by atoms with Crippen LogP contribution in [0.3, 0.4) is 0 Å². The molecule has 1 aromatic heterocycles. The summed E-state index contributed by atoms with van der Waals surface area (Å²) in [5, 5.41) is 11.0. The lowest BCUT2D eigenvalue weighted by atomic mass is 10.1. The summed E-state index contributed by atoms with van der Waals surface area (Å²) in [5.41, 5.74) is 0.469. The van der Waals surface area contributed by atoms with Gasteiger partial charge in [0.05, 0.1) is 5.56 Å². The second-order valence-electron chi connectivity index (χ2n) is 7.52. The van der Waals surface area contributed by atoms with Gasteiger partial charge in [-0.2, -0.15) is 0 Å². The number of hydrogen-bond acceptors (Lipinski definition) is 3. The largest absolute Gasteiger partial charge is 0.465 e. The maximum Gasteiger partial charge on any atom is 0.404 e. The highest BCUT2D eigenvalue weighted by Gasteiger charge is 2.32. The van der Waals surface area contributed by atoms with Crippen molar-refractivity contribution in [1.29, 1.82) is 0 Å². The number of carbonyl (C=O) groups excluding carboxylic acids is 2. The van der Waals surface area contributed by atoms with Crippen molar-refractivity contribution in [2.75, 3.05) is 19.6 Å². The summed E-state index contributed by atoms with van der Waals surface area (Å²) in [6.07, 6.45) is 0.833. The van der Waals surface area contributed by atoms with Crippen molar-refractivity contribution in [3.05, 3.63) is 35.8 Å². The van der Waals surface area contributed by atoms with Crippen LogP contribution >= 0.6 is 0 Å². The van der Waals surface area contributed by atoms with Crippen molar-refractivity contribution in [3.63, 3.8) is 0 Å². The Hall–Kier alpha value is -2.90. The summed E-state index contributed by atoms with van der Waals surface area (Å²) < 4.78 is 14.0. The molecule has 1 aliphatic rings. The molecule has 3 rings (SSSR count). The van der Waals surface area contributed by atoms with Crippen LogP contribution in [-0.4, -0.2) is 52.4 Å². The van der Waals surface area contributed by atoms with E-state index in [1.807, 2.05) is 0 Å². The lowest BCUT2D eigenvalue weighted by Crippen LogP contribution is -2.36. The zero-order valence-corrected chi connectivity index (χ0v) is 16.3. The van der Waals surface area contributed by atoms with Crippen LogP contribution in [0.15, 0.2) is 24.4 Å². The average molecular weight is 395 g/mol. The number of carboxylic acid groups (broad SMARTS) is 1. The highest BCUT2D eigenvalue weighted by Crippen LogP contribution is 2.23. The van der Waals surface area contributed by atoms with Crippen LogP contribution in [0.4, 0.5) is 9.18 Å². The first-order valence-corrected chi connectivity index (χ1v) is 9.26. The molecule has 2 amide bonds. The molecular formula is C20H30FN3O4. The maximum absolute atomic E-state index is 14.0. The third kappa shape index (κ3) is 5.31. The van der Waals surface area contributed by atoms with E-state index in [1.54, 1.807) is 6.07 Å². The molecule has 1 fully saturated rings. The van der Waals surface area contributed by atoms with Gasteiger partial charge in [-0.25, -0.2) is 9.18 Å². The van der Waals surface area contributed by atoms with Crippen LogP contribution in [0.5, 0.6) is 0 Å². The van der Waals surface area contributed by atoms with Crippen molar-refractivity contribution in [3.8, 4) is 0 Å². The van der Waals surface area contributed by atoms with E-state index < -0.39 is 23.6 Å². The van der Waals surface area contributed by atoms with E-state index in [0.717, 1.165) is 5.92 Å². The molecule has 7 nitrogen and oxygen atoms in total. The minimum atomic E-state index is -1.12. The number of aromatic amines is 1. The van der Waals surface area contributed by atoms with E-state index in [4.69, 9.17) is 5.11 Å². The molecule has 8 heteroatoms. The fraction of sp³-hybridized carbons (Fsp3) is 0.450. The van der Waals surface area contributed by atoms with Gasteiger partial charge in [0, 0.05) is 39.6 Å². The molecule has 3 N–H and O–H groups in total. The first-order chi connectivity index (χ1) is 13.2. The van der Waals surface area contributed by atoms with E-state index in [2.05, 4.69) is 31.1 Å². The zero-order valence-electron chi connectivity index (χ0n) is 16.3. The number of Topliss-reactive ketones (excluding diaryl/α,β-unsaturated/α-hetero) is 1. The monoisotopic (exact) mass is 395 g/mol. The Bertz CT molecular complexity index is 870. The Labute approximate surface area is 165 Å². The number of rotatable bonds is 4. The number of nitrogens with zero attached hydrogens (tertiary/aromatic N) is 1. The summed E-state index contributed by atoms with van der Waals surface area (Å²) in [6.45, 7) is 7.41. The van der Waals surface area contributed by atoms with Crippen LogP contribution in [0.25, 0.3) is 10.9 Å². The predicted molar refractivity (Wildman–Crippen MR) is 108 cm³/mol. The number of amides is 2. The molecule has 156 valence electrons. The normalized spacial score (nSPS) is 16.0. The van der Waals surface area contributed by atoms with Gasteiger partial charge in [0.25, 0.3) is 11.7 Å². The van der Waals surface area contributed by atoms with Gasteiger partial charge in [-0.15, -0.1) is 0 Å². The average Bonchev–Trinajstić information content (AvgIpc) is 3.26. The van der Waals surface area contributed by atoms with Crippen molar-refractivity contribution in [1.82, 2.24) is 15.2 Å². The third-order valence-corrected chi connectivity index (χ3v) is 4.21. The number of H-pyrrole nitrogens is 1. The SMILES string of the molecule is CC(C)C.O=C(O)NCC1CCN(C(=O)C(=O)c2c[nH]c3cccc(F)c23)C1.[HH].[HH]. The number of halogens is 1. The molecule has 1 unspecified atom stereocenters. The lowest BCUT2D eigenvalue weighted by molar-refractivity contribution is -0.125. The van der Waals surface area contributed by atoms with E-state index in [9.17, 15) is 18.8 Å². The van der Waals surface area contributed by atoms with Gasteiger partial charge >= 0.3 is 6.09 Å². The lowest BCUT2D eigenvalue weighted by Gasteiger charge is -2.15. The number of carbonyl (C=O) groups is 3. The van der Waals surface area contributed by atoms with Gasteiger partial charge in [0.1, 0.15) is 5.82 Å². The third-order valence-electron chi connectivity index (χ3n) is 4.21. The Morgan fingerprint density at radius 3 is 2.68 bits per heavy atom. The number of nitrogens with one attached hydrogen (secondary N) is 2. The summed E-state index contributed by atoms with van der Waals surface area (Å²) in [4.78, 5) is 39.5. The van der Waals surface area contributed by atoms with Gasteiger partial charge < -0.3 is 20.3 Å². The molecule has 1 aliphatic heterocycles. The Morgan fingerprint density at radius 1 is 1.36 bits per heavy atom. The molecule has 1 aromatic carbocycles. The highest BCUT2D eigenvalue weighted by molar-refractivity contribution is 6.44. The summed E-state index contributed by atoms with van der Waals surface area (Å²) in [5.74, 6) is -1.22. The van der Waals surface area contributed by atoms with Crippen LogP contribution in [0, 0.1) is 17.7 Å². The first kappa shape index (κ1) is 21.4. The van der Waals surface area contributed by atoms with Gasteiger partial charge in [0.15, 0.2) is 0 Å². The molecule has 2 heterocycles. The Balaban J connectivity index is 0.00000129. The highest BCUT2D eigenvalue weighted by atomic mass is 19.1. The fourth-order valence-corrected chi connectivity index (χ4v) is 2.99. The predicted octanol–water partition coefficient (Wildman–Crippen LogP) is 3.76. The number of fused-ring (bicyclic) bond motifs is 1. The number of hydrogen-bond donors (Lipinski definition) is 3. The van der Waals surface area contributed by atoms with E-state index in [1.165, 1.54) is 23.2 Å². The summed E-state index contributed by atoms with van der Waals surface area (Å²) in [7, 11) is 0. The number of likely N-dealkylation sites (tertiary alicyclic amines) is 1. The molecule has 1 atom stereocenters. The quantitative estimate of drug-likeness (QED) is 0.542. The first-order valence-electron chi connectivity index (χ1n) is 9.26. The molecule has 0 saturated carbocycles. The van der Waals surface area contributed by atoms with E-state index >= 15 is 0 Å². The van der Waals surface area contributed by atoms with Crippen molar-refractivity contribution in [2.45, 2.75) is 27.2 Å². The van der Waals surface area contributed by atoms with Crippen LogP contribution in [-0.2, 0) is 4.79 Å². The van der Waals surface area contributed by atoms with Crippen molar-refractivity contribution >= 4 is 28.7 Å². The zero-order chi connectivity index (χ0) is 20.8. The number of ketones is 1.